The summed E-state index contributed by atoms with van der Waals surface area (Å²) in [6.07, 6.45) is 2.66. The molecule has 0 radical (unpaired) electrons. The lowest BCUT2D eigenvalue weighted by Gasteiger charge is -2.59. The fourth-order valence-electron chi connectivity index (χ4n) is 4.51. The van der Waals surface area contributed by atoms with E-state index in [0.29, 0.717) is 12.3 Å². The van der Waals surface area contributed by atoms with Crippen LogP contribution in [0.15, 0.2) is 11.1 Å². The quantitative estimate of drug-likeness (QED) is 0.748. The summed E-state index contributed by atoms with van der Waals surface area (Å²) in [5, 5.41) is 11.4. The Morgan fingerprint density at radius 1 is 1.40 bits per heavy atom. The molecule has 4 nitrogen and oxygen atoms in total. The van der Waals surface area contributed by atoms with Gasteiger partial charge in [-0.15, -0.1) is 0 Å². The molecule has 0 amide bonds. The van der Waals surface area contributed by atoms with Crippen molar-refractivity contribution in [1.29, 1.82) is 0 Å². The second-order valence-corrected chi connectivity index (χ2v) is 6.97. The zero-order valence-corrected chi connectivity index (χ0v) is 12.7. The van der Waals surface area contributed by atoms with Gasteiger partial charge in [0.15, 0.2) is 0 Å². The molecule has 0 bridgehead atoms. The Kier molecular flexibility index (Phi) is 3.04. The number of esters is 1. The van der Waals surface area contributed by atoms with Crippen LogP contribution in [0.25, 0.3) is 0 Å². The Balaban J connectivity index is 2.05. The summed E-state index contributed by atoms with van der Waals surface area (Å²) in [6.45, 7) is 6.18. The molecule has 112 valence electrons. The molecule has 0 saturated heterocycles. The largest absolute Gasteiger partial charge is 0.454 e. The van der Waals surface area contributed by atoms with Gasteiger partial charge in [0, 0.05) is 24.5 Å². The zero-order valence-electron chi connectivity index (χ0n) is 12.7. The topological polar surface area (TPSA) is 55.8 Å². The number of hydrogen-bond acceptors (Lipinski definition) is 4. The minimum atomic E-state index is -0.918. The van der Waals surface area contributed by atoms with Gasteiger partial charge >= 0.3 is 5.97 Å². The van der Waals surface area contributed by atoms with E-state index in [1.54, 1.807) is 7.11 Å². The van der Waals surface area contributed by atoms with E-state index in [2.05, 4.69) is 13.8 Å². The molecule has 2 saturated carbocycles. The Bertz CT molecular complexity index is 483. The summed E-state index contributed by atoms with van der Waals surface area (Å²) in [4.78, 5) is 11.8. The van der Waals surface area contributed by atoms with Crippen LogP contribution < -0.4 is 0 Å². The average Bonchev–Trinajstić information content (AvgIpc) is 2.65. The highest BCUT2D eigenvalue weighted by atomic mass is 16.6. The van der Waals surface area contributed by atoms with Crippen molar-refractivity contribution < 1.29 is 19.4 Å². The molecule has 2 fully saturated rings. The van der Waals surface area contributed by atoms with Crippen LogP contribution in [0.4, 0.5) is 0 Å². The molecule has 0 spiro atoms. The summed E-state index contributed by atoms with van der Waals surface area (Å²) in [5.74, 6) is 0.174. The van der Waals surface area contributed by atoms with Gasteiger partial charge in [-0.1, -0.05) is 13.8 Å². The highest BCUT2D eigenvalue weighted by Gasteiger charge is 2.63. The van der Waals surface area contributed by atoms with Crippen LogP contribution in [0, 0.1) is 11.3 Å². The summed E-state index contributed by atoms with van der Waals surface area (Å²) in [5.41, 5.74) is 0.654. The lowest BCUT2D eigenvalue weighted by molar-refractivity contribution is -0.228. The molecule has 0 aromatic rings. The van der Waals surface area contributed by atoms with Gasteiger partial charge in [0.05, 0.1) is 6.10 Å². The molecule has 3 rings (SSSR count). The Hall–Kier alpha value is -0.870. The van der Waals surface area contributed by atoms with Crippen molar-refractivity contribution in [2.24, 2.45) is 11.3 Å². The molecule has 5 atom stereocenters. The Labute approximate surface area is 120 Å². The fourth-order valence-corrected chi connectivity index (χ4v) is 4.51. The standard InChI is InChI=1S/C16H24O4/c1-9-5-6-13(19-4)16(18)8-12-11(7-15(9,16)3)10(2)14(17)20-12/h9,12-13,18H,5-8H2,1-4H3. The summed E-state index contributed by atoms with van der Waals surface area (Å²) in [7, 11) is 1.66. The smallest absolute Gasteiger partial charge is 0.334 e. The zero-order chi connectivity index (χ0) is 14.7. The van der Waals surface area contributed by atoms with E-state index in [-0.39, 0.29) is 23.6 Å². The van der Waals surface area contributed by atoms with Crippen molar-refractivity contribution >= 4 is 5.97 Å². The summed E-state index contributed by atoms with van der Waals surface area (Å²) < 4.78 is 11.0. The average molecular weight is 280 g/mol. The number of ether oxygens (including phenoxy) is 2. The van der Waals surface area contributed by atoms with Crippen molar-refractivity contribution in [3.8, 4) is 0 Å². The van der Waals surface area contributed by atoms with Crippen molar-refractivity contribution in [2.75, 3.05) is 7.11 Å². The highest BCUT2D eigenvalue weighted by molar-refractivity contribution is 5.91. The molecule has 0 aromatic carbocycles. The second-order valence-electron chi connectivity index (χ2n) is 6.97. The van der Waals surface area contributed by atoms with Gasteiger partial charge in [-0.25, -0.2) is 4.79 Å². The van der Waals surface area contributed by atoms with E-state index in [0.717, 1.165) is 30.4 Å². The fraction of sp³-hybridized carbons (Fsp3) is 0.812. The Morgan fingerprint density at radius 3 is 2.75 bits per heavy atom. The number of rotatable bonds is 1. The van der Waals surface area contributed by atoms with Crippen LogP contribution in [0.2, 0.25) is 0 Å². The van der Waals surface area contributed by atoms with Gasteiger partial charge < -0.3 is 14.6 Å². The molecule has 1 heterocycles. The van der Waals surface area contributed by atoms with Crippen molar-refractivity contribution in [2.45, 2.75) is 64.3 Å². The van der Waals surface area contributed by atoms with Gasteiger partial charge in [-0.2, -0.15) is 0 Å². The van der Waals surface area contributed by atoms with Crippen LogP contribution in [0.3, 0.4) is 0 Å². The monoisotopic (exact) mass is 280 g/mol. The highest BCUT2D eigenvalue weighted by Crippen LogP contribution is 2.59. The van der Waals surface area contributed by atoms with Gasteiger partial charge in [0.2, 0.25) is 0 Å². The molecule has 4 heteroatoms. The predicted molar refractivity (Wildman–Crippen MR) is 74.1 cm³/mol. The predicted octanol–water partition coefficient (Wildman–Crippen LogP) is 2.20. The van der Waals surface area contributed by atoms with Crippen LogP contribution in [0.1, 0.15) is 46.5 Å². The van der Waals surface area contributed by atoms with Gasteiger partial charge in [0.25, 0.3) is 0 Å². The first-order valence-corrected chi connectivity index (χ1v) is 7.49. The molecule has 1 N–H and O–H groups in total. The maximum atomic E-state index is 11.8. The maximum absolute atomic E-state index is 11.8. The third-order valence-corrected chi connectivity index (χ3v) is 6.24. The van der Waals surface area contributed by atoms with Crippen LogP contribution in [-0.2, 0) is 14.3 Å². The van der Waals surface area contributed by atoms with E-state index in [1.807, 2.05) is 6.92 Å². The van der Waals surface area contributed by atoms with E-state index >= 15 is 0 Å². The maximum Gasteiger partial charge on any atom is 0.334 e. The van der Waals surface area contributed by atoms with Crippen LogP contribution >= 0.6 is 0 Å². The third kappa shape index (κ3) is 1.58. The van der Waals surface area contributed by atoms with E-state index < -0.39 is 5.60 Å². The number of aliphatic hydroxyl groups is 1. The lowest BCUT2D eigenvalue weighted by atomic mass is 9.51. The molecule has 2 aliphatic carbocycles. The van der Waals surface area contributed by atoms with Crippen molar-refractivity contribution in [1.82, 2.24) is 0 Å². The molecular weight excluding hydrogens is 256 g/mol. The summed E-state index contributed by atoms with van der Waals surface area (Å²) in [6, 6.07) is 0. The summed E-state index contributed by atoms with van der Waals surface area (Å²) >= 11 is 0. The van der Waals surface area contributed by atoms with Crippen LogP contribution in [0.5, 0.6) is 0 Å². The lowest BCUT2D eigenvalue weighted by Crippen LogP contribution is -2.65. The number of carbonyl (C=O) groups is 1. The number of carbonyl (C=O) groups excluding carboxylic acids is 1. The normalized spacial score (nSPS) is 47.9. The molecule has 1 aliphatic heterocycles. The van der Waals surface area contributed by atoms with Crippen LogP contribution in [-0.4, -0.2) is 36.0 Å². The van der Waals surface area contributed by atoms with Gasteiger partial charge in [0.1, 0.15) is 11.7 Å². The minimum Gasteiger partial charge on any atom is -0.454 e. The van der Waals surface area contributed by atoms with Crippen molar-refractivity contribution in [3.05, 3.63) is 11.1 Å². The first-order chi connectivity index (χ1) is 9.33. The molecule has 3 aliphatic rings. The minimum absolute atomic E-state index is 0.176. The molecule has 5 unspecified atom stereocenters. The molecule has 0 aromatic heterocycles. The van der Waals surface area contributed by atoms with E-state index in [1.165, 1.54) is 0 Å². The molecule has 20 heavy (non-hydrogen) atoms. The van der Waals surface area contributed by atoms with Gasteiger partial charge in [-0.3, -0.25) is 0 Å². The number of hydrogen-bond donors (Lipinski definition) is 1. The number of fused-ring (bicyclic) bond motifs is 2. The SMILES string of the molecule is COC1CCC(C)C2(C)CC3=C(C)C(=O)OC3CC12O. The Morgan fingerprint density at radius 2 is 2.10 bits per heavy atom. The van der Waals surface area contributed by atoms with E-state index in [4.69, 9.17) is 9.47 Å². The second kappa shape index (κ2) is 4.31. The molecular formula is C16H24O4. The van der Waals surface area contributed by atoms with Crippen molar-refractivity contribution in [3.63, 3.8) is 0 Å². The first-order valence-electron chi connectivity index (χ1n) is 7.49. The number of methoxy groups -OCH3 is 1. The first kappa shape index (κ1) is 14.1. The third-order valence-electron chi connectivity index (χ3n) is 6.24. The van der Waals surface area contributed by atoms with E-state index in [9.17, 15) is 9.90 Å². The van der Waals surface area contributed by atoms with Gasteiger partial charge in [-0.05, 0) is 37.7 Å².